The van der Waals surface area contributed by atoms with Gasteiger partial charge in [0.15, 0.2) is 0 Å². The zero-order chi connectivity index (χ0) is 16.5. The minimum atomic E-state index is -0.454. The van der Waals surface area contributed by atoms with Gasteiger partial charge < -0.3 is 9.64 Å². The van der Waals surface area contributed by atoms with Gasteiger partial charge in [0.05, 0.1) is 10.1 Å². The first-order valence-electron chi connectivity index (χ1n) is 8.21. The van der Waals surface area contributed by atoms with E-state index in [9.17, 15) is 4.79 Å². The largest absolute Gasteiger partial charge is 0.444 e. The van der Waals surface area contributed by atoms with Crippen LogP contribution in [-0.4, -0.2) is 38.7 Å². The van der Waals surface area contributed by atoms with E-state index in [4.69, 9.17) is 4.74 Å². The first kappa shape index (κ1) is 17.0. The highest BCUT2D eigenvalue weighted by Crippen LogP contribution is 2.54. The Balaban J connectivity index is 1.84. The van der Waals surface area contributed by atoms with E-state index < -0.39 is 5.60 Å². The number of piperidine rings is 1. The second kappa shape index (κ2) is 6.60. The van der Waals surface area contributed by atoms with Crippen LogP contribution in [0.2, 0.25) is 0 Å². The van der Waals surface area contributed by atoms with Crippen molar-refractivity contribution in [2.24, 2.45) is 0 Å². The van der Waals surface area contributed by atoms with Gasteiger partial charge in [0.2, 0.25) is 0 Å². The Kier molecular flexibility index (Phi) is 4.88. The van der Waals surface area contributed by atoms with Crippen molar-refractivity contribution in [3.8, 4) is 0 Å². The van der Waals surface area contributed by atoms with Crippen LogP contribution in [0.15, 0.2) is 30.3 Å². The van der Waals surface area contributed by atoms with E-state index in [2.05, 4.69) is 47.8 Å². The van der Waals surface area contributed by atoms with E-state index in [0.29, 0.717) is 0 Å². The molecule has 0 radical (unpaired) electrons. The highest BCUT2D eigenvalue weighted by Gasteiger charge is 2.45. The molecule has 0 aliphatic carbocycles. The Hall–Kier alpha value is -0.810. The molecule has 1 amide bonds. The topological polar surface area (TPSA) is 29.5 Å². The number of nitrogens with zero attached hydrogens (tertiary/aromatic N) is 1. The number of benzene rings is 1. The van der Waals surface area contributed by atoms with Crippen molar-refractivity contribution >= 4 is 29.6 Å². The second-order valence-electron chi connectivity index (χ2n) is 7.16. The molecule has 3 rings (SSSR count). The number of ether oxygens (including phenoxy) is 1. The van der Waals surface area contributed by atoms with E-state index >= 15 is 0 Å². The summed E-state index contributed by atoms with van der Waals surface area (Å²) in [4.78, 5) is 14.6. The van der Waals surface area contributed by atoms with Gasteiger partial charge in [-0.2, -0.15) is 0 Å². The van der Waals surface area contributed by atoms with Gasteiger partial charge in [-0.3, -0.25) is 0 Å². The maximum absolute atomic E-state index is 12.7. The molecular weight excluding hydrogens is 326 g/mol. The Morgan fingerprint density at radius 2 is 1.87 bits per heavy atom. The van der Waals surface area contributed by atoms with Crippen molar-refractivity contribution in [1.82, 2.24) is 4.90 Å². The lowest BCUT2D eigenvalue weighted by Crippen LogP contribution is -2.47. The van der Waals surface area contributed by atoms with E-state index in [1.54, 1.807) is 0 Å². The maximum atomic E-state index is 12.7. The minimum absolute atomic E-state index is 0.109. The van der Waals surface area contributed by atoms with Crippen molar-refractivity contribution in [3.05, 3.63) is 35.9 Å². The molecule has 1 atom stereocenters. The van der Waals surface area contributed by atoms with Gasteiger partial charge in [0.25, 0.3) is 0 Å². The molecule has 0 aromatic heterocycles. The molecule has 5 heteroatoms. The summed E-state index contributed by atoms with van der Waals surface area (Å²) in [6.07, 6.45) is 1.87. The molecule has 3 nitrogen and oxygen atoms in total. The van der Waals surface area contributed by atoms with Crippen molar-refractivity contribution in [2.45, 2.75) is 49.3 Å². The smallest absolute Gasteiger partial charge is 0.410 e. The van der Waals surface area contributed by atoms with Gasteiger partial charge in [-0.15, -0.1) is 23.5 Å². The SMILES string of the molecule is CC(C)(C)OC(=O)N1CCC2(C[C@H]1c1ccccc1)SCCS2. The Morgan fingerprint density at radius 3 is 2.48 bits per heavy atom. The lowest BCUT2D eigenvalue weighted by Gasteiger charge is -2.44. The molecule has 0 unspecified atom stereocenters. The summed E-state index contributed by atoms with van der Waals surface area (Å²) in [5.41, 5.74) is 0.759. The summed E-state index contributed by atoms with van der Waals surface area (Å²) in [6.45, 7) is 6.55. The van der Waals surface area contributed by atoms with Crippen LogP contribution in [0, 0.1) is 0 Å². The number of thioether (sulfide) groups is 2. The standard InChI is InChI=1S/C18H25NO2S2/c1-17(2,3)21-16(20)19-10-9-18(22-11-12-23-18)13-15(19)14-7-5-4-6-8-14/h4-8,15H,9-13H2,1-3H3/t15-/m0/s1. The Labute approximate surface area is 147 Å². The average molecular weight is 352 g/mol. The summed E-state index contributed by atoms with van der Waals surface area (Å²) < 4.78 is 5.93. The maximum Gasteiger partial charge on any atom is 0.410 e. The van der Waals surface area contributed by atoms with Crippen molar-refractivity contribution in [2.75, 3.05) is 18.1 Å². The zero-order valence-corrected chi connectivity index (χ0v) is 15.7. The molecule has 2 heterocycles. The summed E-state index contributed by atoms with van der Waals surface area (Å²) in [6, 6.07) is 10.5. The first-order valence-corrected chi connectivity index (χ1v) is 10.2. The highest BCUT2D eigenvalue weighted by molar-refractivity contribution is 8.21. The highest BCUT2D eigenvalue weighted by atomic mass is 32.2. The van der Waals surface area contributed by atoms with Crippen LogP contribution in [0.4, 0.5) is 4.79 Å². The van der Waals surface area contributed by atoms with Crippen LogP contribution in [-0.2, 0) is 4.74 Å². The fraction of sp³-hybridized carbons (Fsp3) is 0.611. The van der Waals surface area contributed by atoms with Crippen LogP contribution < -0.4 is 0 Å². The normalized spacial score (nSPS) is 24.0. The molecule has 126 valence electrons. The van der Waals surface area contributed by atoms with Gasteiger partial charge in [-0.05, 0) is 39.2 Å². The summed E-state index contributed by atoms with van der Waals surface area (Å²) >= 11 is 4.15. The zero-order valence-electron chi connectivity index (χ0n) is 14.1. The molecule has 0 saturated carbocycles. The molecule has 2 aliphatic heterocycles. The fourth-order valence-electron chi connectivity index (χ4n) is 3.22. The van der Waals surface area contributed by atoms with Crippen LogP contribution in [0.25, 0.3) is 0 Å². The predicted octanol–water partition coefficient (Wildman–Crippen LogP) is 4.93. The quantitative estimate of drug-likeness (QED) is 0.717. The third kappa shape index (κ3) is 4.00. The van der Waals surface area contributed by atoms with Crippen LogP contribution in [0.5, 0.6) is 0 Å². The first-order chi connectivity index (χ1) is 10.9. The summed E-state index contributed by atoms with van der Waals surface area (Å²) in [7, 11) is 0. The number of hydrogen-bond donors (Lipinski definition) is 0. The summed E-state index contributed by atoms with van der Waals surface area (Å²) in [5.74, 6) is 2.44. The molecule has 1 aromatic carbocycles. The third-order valence-corrected chi connectivity index (χ3v) is 7.82. The Morgan fingerprint density at radius 1 is 1.22 bits per heavy atom. The van der Waals surface area contributed by atoms with Crippen molar-refractivity contribution in [3.63, 3.8) is 0 Å². The molecule has 0 bridgehead atoms. The van der Waals surface area contributed by atoms with E-state index in [1.165, 1.54) is 17.1 Å². The van der Waals surface area contributed by atoms with E-state index in [0.717, 1.165) is 19.4 Å². The van der Waals surface area contributed by atoms with Crippen LogP contribution in [0.1, 0.15) is 45.2 Å². The van der Waals surface area contributed by atoms with Gasteiger partial charge in [-0.1, -0.05) is 30.3 Å². The van der Waals surface area contributed by atoms with Crippen molar-refractivity contribution in [1.29, 1.82) is 0 Å². The number of amides is 1. The molecule has 0 N–H and O–H groups in total. The van der Waals surface area contributed by atoms with Gasteiger partial charge >= 0.3 is 6.09 Å². The van der Waals surface area contributed by atoms with Crippen LogP contribution in [0.3, 0.4) is 0 Å². The van der Waals surface area contributed by atoms with Gasteiger partial charge in [0.1, 0.15) is 5.60 Å². The van der Waals surface area contributed by atoms with E-state index in [-0.39, 0.29) is 16.2 Å². The average Bonchev–Trinajstić information content (AvgIpc) is 2.94. The predicted molar refractivity (Wildman–Crippen MR) is 99.0 cm³/mol. The molecule has 2 aliphatic rings. The lowest BCUT2D eigenvalue weighted by molar-refractivity contribution is 0.00925. The number of hydrogen-bond acceptors (Lipinski definition) is 4. The van der Waals surface area contributed by atoms with Crippen molar-refractivity contribution < 1.29 is 9.53 Å². The molecule has 1 aromatic rings. The molecule has 1 spiro atoms. The number of carbonyl (C=O) groups excluding carboxylic acids is 1. The second-order valence-corrected chi connectivity index (χ2v) is 10.4. The van der Waals surface area contributed by atoms with E-state index in [1.807, 2.05) is 31.7 Å². The van der Waals surface area contributed by atoms with Crippen LogP contribution >= 0.6 is 23.5 Å². The molecule has 2 fully saturated rings. The molecule has 2 saturated heterocycles. The number of rotatable bonds is 1. The van der Waals surface area contributed by atoms with Gasteiger partial charge in [0, 0.05) is 18.1 Å². The minimum Gasteiger partial charge on any atom is -0.444 e. The fourth-order valence-corrected chi connectivity index (χ4v) is 6.49. The Bertz CT molecular complexity index is 550. The number of likely N-dealkylation sites (tertiary alicyclic amines) is 1. The van der Waals surface area contributed by atoms with Gasteiger partial charge in [-0.25, -0.2) is 4.79 Å². The molecular formula is C18H25NO2S2. The monoisotopic (exact) mass is 351 g/mol. The number of carbonyl (C=O) groups is 1. The third-order valence-electron chi connectivity index (χ3n) is 4.24. The summed E-state index contributed by atoms with van der Waals surface area (Å²) in [5, 5.41) is 0. The lowest BCUT2D eigenvalue weighted by atomic mass is 9.95. The molecule has 23 heavy (non-hydrogen) atoms.